The van der Waals surface area contributed by atoms with Gasteiger partial charge in [0.25, 0.3) is 0 Å². The number of pyridine rings is 1. The predicted molar refractivity (Wildman–Crippen MR) is 148 cm³/mol. The first-order valence-corrected chi connectivity index (χ1v) is 13.9. The van der Waals surface area contributed by atoms with Gasteiger partial charge in [0.1, 0.15) is 17.0 Å². The van der Waals surface area contributed by atoms with Crippen molar-refractivity contribution < 1.29 is 4.79 Å². The van der Waals surface area contributed by atoms with E-state index in [9.17, 15) is 4.79 Å². The van der Waals surface area contributed by atoms with Gasteiger partial charge < -0.3 is 10.2 Å². The highest BCUT2D eigenvalue weighted by atomic mass is 32.1. The Morgan fingerprint density at radius 3 is 2.89 bits per heavy atom. The van der Waals surface area contributed by atoms with Gasteiger partial charge in [-0.15, -0.1) is 11.3 Å². The Hall–Kier alpha value is -3.89. The van der Waals surface area contributed by atoms with Crippen molar-refractivity contribution in [1.29, 1.82) is 0 Å². The minimum Gasteiger partial charge on any atom is -0.340 e. The molecule has 2 aliphatic rings. The maximum absolute atomic E-state index is 13.5. The van der Waals surface area contributed by atoms with Gasteiger partial charge in [0, 0.05) is 60.8 Å². The van der Waals surface area contributed by atoms with Crippen molar-refractivity contribution in [2.45, 2.75) is 25.8 Å². The van der Waals surface area contributed by atoms with Gasteiger partial charge in [-0.3, -0.25) is 19.8 Å². The van der Waals surface area contributed by atoms with Gasteiger partial charge in [-0.25, -0.2) is 9.97 Å². The van der Waals surface area contributed by atoms with Gasteiger partial charge in [-0.05, 0) is 55.2 Å². The number of amides is 1. The number of fused-ring (bicyclic) bond motifs is 4. The Balaban J connectivity index is 1.05. The predicted octanol–water partition coefficient (Wildman–Crippen LogP) is 4.16. The highest BCUT2D eigenvalue weighted by molar-refractivity contribution is 7.19. The Labute approximate surface area is 223 Å². The molecule has 5 heterocycles. The lowest BCUT2D eigenvalue weighted by molar-refractivity contribution is -0.137. The molecule has 192 valence electrons. The molecule has 1 saturated heterocycles. The van der Waals surface area contributed by atoms with E-state index in [1.807, 2.05) is 36.7 Å². The fourth-order valence-corrected chi connectivity index (χ4v) is 6.95. The van der Waals surface area contributed by atoms with E-state index in [0.717, 1.165) is 90.3 Å². The Morgan fingerprint density at radius 2 is 2.03 bits per heavy atom. The lowest BCUT2D eigenvalue weighted by atomic mass is 9.86. The molecule has 1 atom stereocenters. The lowest BCUT2D eigenvalue weighted by Crippen LogP contribution is -2.50. The summed E-state index contributed by atoms with van der Waals surface area (Å²) >= 11 is 1.71. The highest BCUT2D eigenvalue weighted by Crippen LogP contribution is 2.41. The second-order valence-electron chi connectivity index (χ2n) is 10.1. The van der Waals surface area contributed by atoms with Crippen LogP contribution in [0, 0.1) is 5.92 Å². The van der Waals surface area contributed by atoms with Gasteiger partial charge in [0.05, 0.1) is 22.8 Å². The van der Waals surface area contributed by atoms with Crippen LogP contribution in [0.4, 0.5) is 11.5 Å². The highest BCUT2D eigenvalue weighted by Gasteiger charge is 2.33. The van der Waals surface area contributed by atoms with E-state index in [1.165, 1.54) is 10.4 Å². The van der Waals surface area contributed by atoms with Gasteiger partial charge in [-0.1, -0.05) is 6.07 Å². The number of aromatic amines is 1. The number of carbonyl (C=O) groups excluding carboxylic acids is 1. The molecular weight excluding hydrogens is 496 g/mol. The summed E-state index contributed by atoms with van der Waals surface area (Å²) in [6, 6.07) is 12.1. The summed E-state index contributed by atoms with van der Waals surface area (Å²) in [6.45, 7) is 4.17. The van der Waals surface area contributed by atoms with Crippen molar-refractivity contribution in [2.24, 2.45) is 5.92 Å². The Morgan fingerprint density at radius 1 is 1.11 bits per heavy atom. The molecule has 0 radical (unpaired) electrons. The van der Waals surface area contributed by atoms with Crippen LogP contribution in [0.1, 0.15) is 22.6 Å². The molecule has 0 unspecified atom stereocenters. The maximum atomic E-state index is 13.5. The summed E-state index contributed by atoms with van der Waals surface area (Å²) in [4.78, 5) is 33.8. The summed E-state index contributed by atoms with van der Waals surface area (Å²) in [5, 5.41) is 12.7. The SMILES string of the molecule is O=C([C@H]1CCc2c(sc3ncnc(Nc4ccc5[nH]ncc5c4)c23)C1)N1CCN(Cc2ccccn2)CC1. The minimum absolute atomic E-state index is 0.0331. The third-order valence-corrected chi connectivity index (χ3v) is 8.86. The van der Waals surface area contributed by atoms with E-state index in [-0.39, 0.29) is 5.92 Å². The van der Waals surface area contributed by atoms with Crippen molar-refractivity contribution in [3.8, 4) is 0 Å². The molecule has 5 aromatic rings. The van der Waals surface area contributed by atoms with Crippen molar-refractivity contribution in [2.75, 3.05) is 31.5 Å². The van der Waals surface area contributed by atoms with Crippen molar-refractivity contribution >= 4 is 49.9 Å². The first-order valence-electron chi connectivity index (χ1n) is 13.1. The second-order valence-corrected chi connectivity index (χ2v) is 11.1. The number of benzene rings is 1. The van der Waals surface area contributed by atoms with Crippen LogP contribution in [0.15, 0.2) is 55.1 Å². The molecular formula is C28H28N8OS. The van der Waals surface area contributed by atoms with Gasteiger partial charge in [0.2, 0.25) is 5.91 Å². The van der Waals surface area contributed by atoms with Crippen LogP contribution in [0.2, 0.25) is 0 Å². The summed E-state index contributed by atoms with van der Waals surface area (Å²) < 4.78 is 0. The monoisotopic (exact) mass is 524 g/mol. The molecule has 4 aromatic heterocycles. The van der Waals surface area contributed by atoms with Crippen molar-refractivity contribution in [3.63, 3.8) is 0 Å². The van der Waals surface area contributed by atoms with E-state index in [2.05, 4.69) is 52.4 Å². The number of hydrogen-bond acceptors (Lipinski definition) is 8. The lowest BCUT2D eigenvalue weighted by Gasteiger charge is -2.37. The molecule has 0 spiro atoms. The number of rotatable bonds is 5. The molecule has 1 aliphatic carbocycles. The van der Waals surface area contributed by atoms with Crippen LogP contribution in [0.3, 0.4) is 0 Å². The molecule has 0 saturated carbocycles. The van der Waals surface area contributed by atoms with Gasteiger partial charge in [0.15, 0.2) is 0 Å². The number of piperazine rings is 1. The van der Waals surface area contributed by atoms with Crippen molar-refractivity contribution in [3.05, 3.63) is 71.3 Å². The van der Waals surface area contributed by atoms with E-state index in [4.69, 9.17) is 0 Å². The largest absolute Gasteiger partial charge is 0.340 e. The zero-order valence-corrected chi connectivity index (χ0v) is 21.7. The summed E-state index contributed by atoms with van der Waals surface area (Å²) in [7, 11) is 0. The number of aryl methyl sites for hydroxylation is 1. The van der Waals surface area contributed by atoms with Crippen LogP contribution in [-0.2, 0) is 24.2 Å². The average Bonchev–Trinajstić information content (AvgIpc) is 3.58. The zero-order chi connectivity index (χ0) is 25.5. The summed E-state index contributed by atoms with van der Waals surface area (Å²) in [5.41, 5.74) is 4.34. The molecule has 2 N–H and O–H groups in total. The normalized spacial score (nSPS) is 18.1. The first kappa shape index (κ1) is 23.2. The maximum Gasteiger partial charge on any atom is 0.226 e. The molecule has 1 aliphatic heterocycles. The van der Waals surface area contributed by atoms with Crippen LogP contribution in [0.5, 0.6) is 0 Å². The fraction of sp³-hybridized carbons (Fsp3) is 0.321. The number of nitrogens with zero attached hydrogens (tertiary/aromatic N) is 6. The Bertz CT molecular complexity index is 1610. The second kappa shape index (κ2) is 9.77. The fourth-order valence-electron chi connectivity index (χ4n) is 5.68. The molecule has 10 heteroatoms. The van der Waals surface area contributed by atoms with Crippen molar-refractivity contribution in [1.82, 2.24) is 34.9 Å². The summed E-state index contributed by atoms with van der Waals surface area (Å²) in [6.07, 6.45) is 7.79. The molecule has 9 nitrogen and oxygen atoms in total. The number of thiophene rings is 1. The molecule has 1 amide bonds. The minimum atomic E-state index is 0.0331. The van der Waals surface area contributed by atoms with Crippen LogP contribution < -0.4 is 5.32 Å². The van der Waals surface area contributed by atoms with E-state index >= 15 is 0 Å². The van der Waals surface area contributed by atoms with Crippen LogP contribution in [0.25, 0.3) is 21.1 Å². The summed E-state index contributed by atoms with van der Waals surface area (Å²) in [5.74, 6) is 1.15. The topological polar surface area (TPSA) is 103 Å². The molecule has 1 fully saturated rings. The zero-order valence-electron chi connectivity index (χ0n) is 20.9. The molecule has 38 heavy (non-hydrogen) atoms. The van der Waals surface area contributed by atoms with E-state index in [1.54, 1.807) is 17.7 Å². The van der Waals surface area contributed by atoms with E-state index in [0.29, 0.717) is 5.91 Å². The third kappa shape index (κ3) is 4.39. The number of H-pyrrole nitrogens is 1. The van der Waals surface area contributed by atoms with Crippen LogP contribution >= 0.6 is 11.3 Å². The molecule has 1 aromatic carbocycles. The molecule has 0 bridgehead atoms. The number of hydrogen-bond donors (Lipinski definition) is 2. The number of anilines is 2. The quantitative estimate of drug-likeness (QED) is 0.356. The molecule has 7 rings (SSSR count). The van der Waals surface area contributed by atoms with Gasteiger partial charge >= 0.3 is 0 Å². The van der Waals surface area contributed by atoms with E-state index < -0.39 is 0 Å². The number of carbonyl (C=O) groups is 1. The number of nitrogens with one attached hydrogen (secondary N) is 2. The Kier molecular flexibility index (Phi) is 5.98. The van der Waals surface area contributed by atoms with Gasteiger partial charge in [-0.2, -0.15) is 5.10 Å². The smallest absolute Gasteiger partial charge is 0.226 e. The third-order valence-electron chi connectivity index (χ3n) is 7.69. The standard InChI is InChI=1S/C28H28N8OS/c37-28(36-11-9-35(10-12-36)16-21-3-1-2-8-29-21)18-4-6-22-24(14-18)38-27-25(22)26(30-17-31-27)33-20-5-7-23-19(13-20)15-32-34-23/h1-3,5,7-8,13,15,17-18H,4,6,9-12,14,16H2,(H,32,34)(H,30,31,33)/t18-/m0/s1. The number of aromatic nitrogens is 5. The average molecular weight is 525 g/mol. The van der Waals surface area contributed by atoms with Crippen LogP contribution in [-0.4, -0.2) is 67.0 Å². The first-order chi connectivity index (χ1) is 18.7.